The van der Waals surface area contributed by atoms with E-state index in [0.29, 0.717) is 6.61 Å². The number of ether oxygens (including phenoxy) is 1. The zero-order valence-electron chi connectivity index (χ0n) is 19.6. The second kappa shape index (κ2) is 10.5. The van der Waals surface area contributed by atoms with Gasteiger partial charge in [0.15, 0.2) is 5.13 Å². The van der Waals surface area contributed by atoms with Crippen molar-refractivity contribution in [3.8, 4) is 38.8 Å². The lowest BCUT2D eigenvalue weighted by atomic mass is 9.99. The standard InChI is InChI=1S/C26H29N5OS/c1-5-7-29-26-30-16-25(33-26)19-13-21(31-22(14-19)23-15-27-8-9-28-23)20-11-18(4)24(12-17(20)3)32-10-6-2/h8-9,11-16H,5-7,10H2,1-4H3,(H,29,30). The molecule has 1 aromatic carbocycles. The molecule has 0 spiro atoms. The first kappa shape index (κ1) is 22.9. The SMILES string of the molecule is CCCNc1ncc(-c2cc(-c3cnccn3)nc(-c3cc(C)c(OCCC)cc3C)c2)s1. The van der Waals surface area contributed by atoms with Crippen LogP contribution in [0.2, 0.25) is 0 Å². The first-order valence-corrected chi connectivity index (χ1v) is 12.1. The summed E-state index contributed by atoms with van der Waals surface area (Å²) in [6.45, 7) is 10.1. The van der Waals surface area contributed by atoms with Crippen molar-refractivity contribution in [2.24, 2.45) is 0 Å². The van der Waals surface area contributed by atoms with Gasteiger partial charge in [-0.05, 0) is 67.6 Å². The summed E-state index contributed by atoms with van der Waals surface area (Å²) in [6, 6.07) is 8.46. The number of thiazole rings is 1. The molecule has 4 rings (SSSR count). The molecule has 0 saturated carbocycles. The topological polar surface area (TPSA) is 72.8 Å². The third kappa shape index (κ3) is 5.37. The molecule has 6 nitrogen and oxygen atoms in total. The minimum atomic E-state index is 0.712. The Hall–Kier alpha value is -3.32. The molecular weight excluding hydrogens is 430 g/mol. The van der Waals surface area contributed by atoms with Crippen molar-refractivity contribution in [3.05, 3.63) is 60.2 Å². The highest BCUT2D eigenvalue weighted by atomic mass is 32.1. The lowest BCUT2D eigenvalue weighted by Gasteiger charge is -2.14. The first-order valence-electron chi connectivity index (χ1n) is 11.3. The number of anilines is 1. The van der Waals surface area contributed by atoms with Gasteiger partial charge in [-0.15, -0.1) is 0 Å². The summed E-state index contributed by atoms with van der Waals surface area (Å²) in [5.74, 6) is 0.928. The minimum absolute atomic E-state index is 0.712. The summed E-state index contributed by atoms with van der Waals surface area (Å²) < 4.78 is 5.93. The van der Waals surface area contributed by atoms with Crippen molar-refractivity contribution in [2.75, 3.05) is 18.5 Å². The maximum absolute atomic E-state index is 5.93. The molecule has 0 saturated heterocycles. The highest BCUT2D eigenvalue weighted by Gasteiger charge is 2.15. The van der Waals surface area contributed by atoms with E-state index in [2.05, 4.69) is 72.2 Å². The molecule has 0 unspecified atom stereocenters. The predicted molar refractivity (Wildman–Crippen MR) is 136 cm³/mol. The minimum Gasteiger partial charge on any atom is -0.493 e. The number of nitrogens with one attached hydrogen (secondary N) is 1. The highest BCUT2D eigenvalue weighted by molar-refractivity contribution is 7.18. The van der Waals surface area contributed by atoms with Crippen LogP contribution in [0.3, 0.4) is 0 Å². The Kier molecular flexibility index (Phi) is 7.29. The van der Waals surface area contributed by atoms with Crippen molar-refractivity contribution in [1.29, 1.82) is 0 Å². The van der Waals surface area contributed by atoms with Crippen LogP contribution in [0.25, 0.3) is 33.1 Å². The quantitative estimate of drug-likeness (QED) is 0.306. The van der Waals surface area contributed by atoms with E-state index in [-0.39, 0.29) is 0 Å². The Balaban J connectivity index is 1.80. The number of rotatable bonds is 9. The molecule has 0 amide bonds. The van der Waals surface area contributed by atoms with Crippen LogP contribution < -0.4 is 10.1 Å². The van der Waals surface area contributed by atoms with E-state index in [0.717, 1.165) is 74.5 Å². The van der Waals surface area contributed by atoms with Gasteiger partial charge in [-0.1, -0.05) is 25.2 Å². The maximum atomic E-state index is 5.93. The fourth-order valence-corrected chi connectivity index (χ4v) is 4.36. The second-order valence-electron chi connectivity index (χ2n) is 7.95. The first-order chi connectivity index (χ1) is 16.1. The number of aromatic nitrogens is 4. The molecule has 0 aliphatic heterocycles. The number of aryl methyl sites for hydroxylation is 2. The van der Waals surface area contributed by atoms with Crippen LogP contribution in [-0.4, -0.2) is 33.1 Å². The molecule has 1 N–H and O–H groups in total. The molecule has 0 radical (unpaired) electrons. The molecule has 7 heteroatoms. The molecule has 4 aromatic rings. The third-order valence-corrected chi connectivity index (χ3v) is 6.23. The van der Waals surface area contributed by atoms with E-state index in [4.69, 9.17) is 9.72 Å². The summed E-state index contributed by atoms with van der Waals surface area (Å²) in [5, 5.41) is 4.30. The summed E-state index contributed by atoms with van der Waals surface area (Å²) in [4.78, 5) is 19.3. The van der Waals surface area contributed by atoms with Crippen molar-refractivity contribution in [2.45, 2.75) is 40.5 Å². The Morgan fingerprint density at radius 1 is 0.879 bits per heavy atom. The molecule has 0 aliphatic carbocycles. The molecule has 170 valence electrons. The van der Waals surface area contributed by atoms with Crippen molar-refractivity contribution < 1.29 is 4.74 Å². The van der Waals surface area contributed by atoms with Crippen molar-refractivity contribution in [1.82, 2.24) is 19.9 Å². The van der Waals surface area contributed by atoms with Gasteiger partial charge in [-0.2, -0.15) is 0 Å². The smallest absolute Gasteiger partial charge is 0.183 e. The fraction of sp³-hybridized carbons (Fsp3) is 0.308. The van der Waals surface area contributed by atoms with Gasteiger partial charge in [0.05, 0.1) is 29.1 Å². The van der Waals surface area contributed by atoms with Crippen molar-refractivity contribution >= 4 is 16.5 Å². The maximum Gasteiger partial charge on any atom is 0.183 e. The summed E-state index contributed by atoms with van der Waals surface area (Å²) in [5.41, 5.74) is 6.79. The van der Waals surface area contributed by atoms with Gasteiger partial charge in [0.2, 0.25) is 0 Å². The van der Waals surface area contributed by atoms with Gasteiger partial charge < -0.3 is 10.1 Å². The van der Waals surface area contributed by atoms with Gasteiger partial charge in [-0.3, -0.25) is 9.97 Å². The van der Waals surface area contributed by atoms with Crippen molar-refractivity contribution in [3.63, 3.8) is 0 Å². The lowest BCUT2D eigenvalue weighted by Crippen LogP contribution is -1.99. The second-order valence-corrected chi connectivity index (χ2v) is 8.99. The van der Waals surface area contributed by atoms with E-state index >= 15 is 0 Å². The van der Waals surface area contributed by atoms with Gasteiger partial charge in [0.1, 0.15) is 11.4 Å². The number of pyridine rings is 1. The zero-order chi connectivity index (χ0) is 23.2. The molecule has 3 heterocycles. The summed E-state index contributed by atoms with van der Waals surface area (Å²) in [7, 11) is 0. The molecular formula is C26H29N5OS. The highest BCUT2D eigenvalue weighted by Crippen LogP contribution is 2.36. The van der Waals surface area contributed by atoms with Crippen LogP contribution in [-0.2, 0) is 0 Å². The van der Waals surface area contributed by atoms with Gasteiger partial charge >= 0.3 is 0 Å². The Bertz CT molecular complexity index is 1220. The van der Waals surface area contributed by atoms with E-state index in [1.54, 1.807) is 29.9 Å². The number of hydrogen-bond acceptors (Lipinski definition) is 7. The molecule has 0 atom stereocenters. The van der Waals surface area contributed by atoms with Gasteiger partial charge in [0, 0.05) is 30.7 Å². The number of benzene rings is 1. The van der Waals surface area contributed by atoms with E-state index in [9.17, 15) is 0 Å². The number of nitrogens with zero attached hydrogens (tertiary/aromatic N) is 4. The molecule has 0 fully saturated rings. The third-order valence-electron chi connectivity index (χ3n) is 5.23. The Morgan fingerprint density at radius 3 is 2.48 bits per heavy atom. The van der Waals surface area contributed by atoms with E-state index < -0.39 is 0 Å². The van der Waals surface area contributed by atoms with Crippen LogP contribution in [0.1, 0.15) is 37.8 Å². The van der Waals surface area contributed by atoms with Crippen LogP contribution in [0.15, 0.2) is 49.1 Å². The van der Waals surface area contributed by atoms with Gasteiger partial charge in [-0.25, -0.2) is 9.97 Å². The summed E-state index contributed by atoms with van der Waals surface area (Å²) in [6.07, 6.45) is 9.07. The molecule has 0 bridgehead atoms. The van der Waals surface area contributed by atoms with Gasteiger partial charge in [0.25, 0.3) is 0 Å². The molecule has 0 aliphatic rings. The average Bonchev–Trinajstić information content (AvgIpc) is 3.32. The molecule has 33 heavy (non-hydrogen) atoms. The summed E-state index contributed by atoms with van der Waals surface area (Å²) >= 11 is 1.65. The number of hydrogen-bond donors (Lipinski definition) is 1. The fourth-order valence-electron chi connectivity index (χ4n) is 3.53. The molecule has 3 aromatic heterocycles. The average molecular weight is 460 g/mol. The largest absolute Gasteiger partial charge is 0.493 e. The van der Waals surface area contributed by atoms with Crippen LogP contribution in [0.4, 0.5) is 5.13 Å². The Labute approximate surface area is 199 Å². The van der Waals surface area contributed by atoms with Crippen LogP contribution >= 0.6 is 11.3 Å². The predicted octanol–water partition coefficient (Wildman–Crippen LogP) is 6.56. The monoisotopic (exact) mass is 459 g/mol. The van der Waals surface area contributed by atoms with E-state index in [1.807, 2.05) is 6.20 Å². The van der Waals surface area contributed by atoms with Crippen LogP contribution in [0, 0.1) is 13.8 Å². The normalized spacial score (nSPS) is 10.9. The van der Waals surface area contributed by atoms with Crippen LogP contribution in [0.5, 0.6) is 5.75 Å². The van der Waals surface area contributed by atoms with E-state index in [1.165, 1.54) is 0 Å². The lowest BCUT2D eigenvalue weighted by molar-refractivity contribution is 0.315. The Morgan fingerprint density at radius 2 is 1.73 bits per heavy atom. The zero-order valence-corrected chi connectivity index (χ0v) is 20.4.